The minimum absolute atomic E-state index is 0.0301. The maximum atomic E-state index is 13.1. The summed E-state index contributed by atoms with van der Waals surface area (Å²) < 4.78 is 4.70. The molecule has 3 aromatic rings. The van der Waals surface area contributed by atoms with E-state index in [9.17, 15) is 14.7 Å². The van der Waals surface area contributed by atoms with Gasteiger partial charge in [-0.05, 0) is 68.0 Å². The lowest BCUT2D eigenvalue weighted by molar-refractivity contribution is -0.140. The van der Waals surface area contributed by atoms with Crippen LogP contribution in [-0.2, 0) is 9.53 Å². The second kappa shape index (κ2) is 10.8. The van der Waals surface area contributed by atoms with Crippen molar-refractivity contribution in [1.82, 2.24) is 15.3 Å². The summed E-state index contributed by atoms with van der Waals surface area (Å²) in [5.74, 6) is -0.492. The van der Waals surface area contributed by atoms with E-state index >= 15 is 0 Å². The molecule has 8 heteroatoms. The zero-order chi connectivity index (χ0) is 25.9. The number of esters is 1. The number of methoxy groups -OCH3 is 1. The molecule has 1 heterocycles. The van der Waals surface area contributed by atoms with E-state index < -0.39 is 6.10 Å². The van der Waals surface area contributed by atoms with Crippen LogP contribution in [0.5, 0.6) is 0 Å². The largest absolute Gasteiger partial charge is 0.469 e. The highest BCUT2D eigenvalue weighted by atomic mass is 35.5. The lowest BCUT2D eigenvalue weighted by atomic mass is 10.0. The van der Waals surface area contributed by atoms with Crippen LogP contribution in [0.25, 0.3) is 22.3 Å². The van der Waals surface area contributed by atoms with Gasteiger partial charge in [0.25, 0.3) is 5.91 Å². The number of hydrogen-bond donors (Lipinski definition) is 2. The van der Waals surface area contributed by atoms with Gasteiger partial charge in [0.05, 0.1) is 41.7 Å². The highest BCUT2D eigenvalue weighted by molar-refractivity contribution is 6.30. The van der Waals surface area contributed by atoms with Crippen LogP contribution in [0.3, 0.4) is 0 Å². The lowest BCUT2D eigenvalue weighted by Gasteiger charge is -2.17. The third kappa shape index (κ3) is 5.43. The number of hydrogen-bond acceptors (Lipinski definition) is 6. The van der Waals surface area contributed by atoms with Gasteiger partial charge in [0.2, 0.25) is 0 Å². The van der Waals surface area contributed by atoms with Crippen LogP contribution in [0.1, 0.15) is 60.7 Å². The molecule has 2 aromatic carbocycles. The molecule has 190 valence electrons. The third-order valence-electron chi connectivity index (χ3n) is 6.96. The molecule has 7 nitrogen and oxygen atoms in total. The number of amides is 1. The zero-order valence-electron chi connectivity index (χ0n) is 20.5. The summed E-state index contributed by atoms with van der Waals surface area (Å²) in [6.45, 7) is 0. The highest BCUT2D eigenvalue weighted by Gasteiger charge is 2.27. The predicted molar refractivity (Wildman–Crippen MR) is 142 cm³/mol. The van der Waals surface area contributed by atoms with Gasteiger partial charge in [0.15, 0.2) is 0 Å². The fourth-order valence-corrected chi connectivity index (χ4v) is 5.10. The van der Waals surface area contributed by atoms with Crippen LogP contribution in [0.15, 0.2) is 65.8 Å². The molecule has 1 aromatic heterocycles. The summed E-state index contributed by atoms with van der Waals surface area (Å²) in [6, 6.07) is 12.4. The molecule has 5 rings (SSSR count). The van der Waals surface area contributed by atoms with Gasteiger partial charge in [0.1, 0.15) is 0 Å². The quantitative estimate of drug-likeness (QED) is 0.384. The minimum atomic E-state index is -0.956. The fourth-order valence-electron chi connectivity index (χ4n) is 4.98. The number of aromatic nitrogens is 2. The molecular weight excluding hydrogens is 490 g/mol. The van der Waals surface area contributed by atoms with Crippen LogP contribution >= 0.6 is 11.6 Å². The van der Waals surface area contributed by atoms with Gasteiger partial charge in [-0.1, -0.05) is 41.5 Å². The molecule has 0 spiro atoms. The normalized spacial score (nSPS) is 17.2. The number of fused-ring (bicyclic) bond motifs is 1. The van der Waals surface area contributed by atoms with E-state index in [1.807, 2.05) is 12.1 Å². The fraction of sp³-hybridized carbons (Fsp3) is 0.310. The number of nitrogens with one attached hydrogen (secondary N) is 1. The maximum absolute atomic E-state index is 13.1. The molecule has 0 fully saturated rings. The Labute approximate surface area is 220 Å². The number of ether oxygens (including phenoxy) is 1. The van der Waals surface area contributed by atoms with Gasteiger partial charge < -0.3 is 15.2 Å². The summed E-state index contributed by atoms with van der Waals surface area (Å²) >= 11 is 6.07. The first-order chi connectivity index (χ1) is 17.9. The molecule has 2 atom stereocenters. The second-order valence-corrected chi connectivity index (χ2v) is 9.82. The van der Waals surface area contributed by atoms with Crippen molar-refractivity contribution in [2.75, 3.05) is 7.11 Å². The van der Waals surface area contributed by atoms with Gasteiger partial charge in [-0.25, -0.2) is 9.97 Å². The van der Waals surface area contributed by atoms with Gasteiger partial charge in [-0.3, -0.25) is 9.59 Å². The van der Waals surface area contributed by atoms with E-state index in [-0.39, 0.29) is 24.3 Å². The van der Waals surface area contributed by atoms with Gasteiger partial charge in [-0.15, -0.1) is 0 Å². The van der Waals surface area contributed by atoms with Crippen molar-refractivity contribution in [3.05, 3.63) is 82.0 Å². The Morgan fingerprint density at radius 1 is 1.16 bits per heavy atom. The Balaban J connectivity index is 1.45. The predicted octanol–water partition coefficient (Wildman–Crippen LogP) is 5.48. The first-order valence-electron chi connectivity index (χ1n) is 12.4. The summed E-state index contributed by atoms with van der Waals surface area (Å²) in [5.41, 5.74) is 5.94. The zero-order valence-corrected chi connectivity index (χ0v) is 21.3. The molecule has 0 radical (unpaired) electrons. The van der Waals surface area contributed by atoms with Crippen molar-refractivity contribution in [3.63, 3.8) is 0 Å². The molecule has 0 bridgehead atoms. The Hall–Kier alpha value is -3.55. The minimum Gasteiger partial charge on any atom is -0.469 e. The smallest absolute Gasteiger partial charge is 0.305 e. The summed E-state index contributed by atoms with van der Waals surface area (Å²) in [4.78, 5) is 34.2. The summed E-state index contributed by atoms with van der Waals surface area (Å²) in [6.07, 6.45) is 7.16. The average Bonchev–Trinajstić information content (AvgIpc) is 3.53. The highest BCUT2D eigenvalue weighted by Crippen LogP contribution is 2.35. The number of rotatable bonds is 8. The molecular formula is C29H28ClN3O4. The molecule has 2 N–H and O–H groups in total. The number of benzene rings is 2. The van der Waals surface area contributed by atoms with E-state index in [1.54, 1.807) is 30.3 Å². The Morgan fingerprint density at radius 3 is 2.76 bits per heavy atom. The number of aliphatic hydroxyl groups excluding tert-OH is 1. The van der Waals surface area contributed by atoms with Crippen molar-refractivity contribution in [3.8, 4) is 11.3 Å². The Morgan fingerprint density at radius 2 is 1.97 bits per heavy atom. The number of nitrogens with zero attached hydrogens (tertiary/aromatic N) is 2. The first kappa shape index (κ1) is 25.1. The molecule has 1 unspecified atom stereocenters. The number of halogens is 1. The number of carbonyl (C=O) groups excluding carboxylic acids is 2. The molecule has 1 amide bonds. The standard InChI is InChI=1S/C29H28ClN3O4/c1-37-26(35)7-3-6-25(34)28-27(18-8-12-20(30)13-9-18)31-23-15-11-19(16-24(23)32-28)29(36)33-22-14-10-17-4-2-5-21(17)22/h2,5,8-9,11-13,15-16,22,25,34H,3-4,6-7,10,14H2,1H3,(H,33,36)/t22-,25?/m1/s1. The molecule has 0 saturated carbocycles. The lowest BCUT2D eigenvalue weighted by Crippen LogP contribution is -2.34. The van der Waals surface area contributed by atoms with Crippen molar-refractivity contribution in [1.29, 1.82) is 0 Å². The van der Waals surface area contributed by atoms with E-state index in [0.29, 0.717) is 45.8 Å². The van der Waals surface area contributed by atoms with E-state index in [2.05, 4.69) is 17.5 Å². The topological polar surface area (TPSA) is 101 Å². The van der Waals surface area contributed by atoms with Crippen molar-refractivity contribution < 1.29 is 19.4 Å². The van der Waals surface area contributed by atoms with Gasteiger partial charge in [-0.2, -0.15) is 0 Å². The van der Waals surface area contributed by atoms with Gasteiger partial charge >= 0.3 is 5.97 Å². The van der Waals surface area contributed by atoms with Crippen molar-refractivity contribution in [2.45, 2.75) is 50.7 Å². The van der Waals surface area contributed by atoms with E-state index in [4.69, 9.17) is 26.3 Å². The summed E-state index contributed by atoms with van der Waals surface area (Å²) in [5, 5.41) is 14.8. The van der Waals surface area contributed by atoms with E-state index in [0.717, 1.165) is 24.8 Å². The second-order valence-electron chi connectivity index (χ2n) is 9.38. The van der Waals surface area contributed by atoms with Crippen LogP contribution in [0, 0.1) is 0 Å². The molecule has 37 heavy (non-hydrogen) atoms. The molecule has 0 aliphatic heterocycles. The molecule has 2 aliphatic rings. The average molecular weight is 518 g/mol. The van der Waals surface area contributed by atoms with Gasteiger partial charge in [0, 0.05) is 22.6 Å². The Bertz CT molecular complexity index is 1410. The molecule has 0 saturated heterocycles. The number of allylic oxidation sites excluding steroid dienone is 2. The first-order valence-corrected chi connectivity index (χ1v) is 12.8. The van der Waals surface area contributed by atoms with Crippen LogP contribution < -0.4 is 5.32 Å². The third-order valence-corrected chi connectivity index (χ3v) is 7.21. The summed E-state index contributed by atoms with van der Waals surface area (Å²) in [7, 11) is 1.34. The van der Waals surface area contributed by atoms with Crippen LogP contribution in [0.4, 0.5) is 0 Å². The van der Waals surface area contributed by atoms with E-state index in [1.165, 1.54) is 18.3 Å². The monoisotopic (exact) mass is 517 g/mol. The van der Waals surface area contributed by atoms with Crippen molar-refractivity contribution >= 4 is 34.5 Å². The number of aliphatic hydroxyl groups is 1. The van der Waals surface area contributed by atoms with Crippen LogP contribution in [-0.4, -0.2) is 40.1 Å². The van der Waals surface area contributed by atoms with Crippen molar-refractivity contribution in [2.24, 2.45) is 0 Å². The SMILES string of the molecule is COC(=O)CCCC(O)c1nc2cc(C(=O)N[C@@H]3CCC4=C3C=CC4)ccc2nc1-c1ccc(Cl)cc1. The van der Waals surface area contributed by atoms with Crippen LogP contribution in [0.2, 0.25) is 5.02 Å². The maximum Gasteiger partial charge on any atom is 0.305 e. The molecule has 2 aliphatic carbocycles. The Kier molecular flexibility index (Phi) is 7.35. The number of carbonyl (C=O) groups is 2.